The normalized spacial score (nSPS) is 12.4. The third-order valence-corrected chi connectivity index (χ3v) is 3.45. The van der Waals surface area contributed by atoms with E-state index >= 15 is 0 Å². The third kappa shape index (κ3) is 3.85. The van der Waals surface area contributed by atoms with Crippen molar-refractivity contribution in [3.63, 3.8) is 0 Å². The fourth-order valence-electron chi connectivity index (χ4n) is 1.73. The van der Waals surface area contributed by atoms with Crippen LogP contribution in [0.1, 0.15) is 44.1 Å². The van der Waals surface area contributed by atoms with E-state index < -0.39 is 10.0 Å². The molecule has 0 atom stereocenters. The van der Waals surface area contributed by atoms with Crippen LogP contribution in [0.5, 0.6) is 0 Å². The SMILES string of the molecule is CCCC(C)(C)NC(=O)c1cc(S(N)(=O)=O)c[nH]1. The highest BCUT2D eigenvalue weighted by atomic mass is 32.2. The summed E-state index contributed by atoms with van der Waals surface area (Å²) in [5.74, 6) is -0.344. The van der Waals surface area contributed by atoms with Gasteiger partial charge in [-0.05, 0) is 26.3 Å². The molecule has 1 aromatic rings. The largest absolute Gasteiger partial charge is 0.356 e. The van der Waals surface area contributed by atoms with Gasteiger partial charge >= 0.3 is 0 Å². The van der Waals surface area contributed by atoms with E-state index in [-0.39, 0.29) is 22.0 Å². The van der Waals surface area contributed by atoms with Crippen molar-refractivity contribution in [1.82, 2.24) is 10.3 Å². The summed E-state index contributed by atoms with van der Waals surface area (Å²) in [4.78, 5) is 14.4. The smallest absolute Gasteiger partial charge is 0.268 e. The summed E-state index contributed by atoms with van der Waals surface area (Å²) in [6, 6.07) is 1.23. The molecule has 0 radical (unpaired) electrons. The van der Waals surface area contributed by atoms with E-state index in [2.05, 4.69) is 10.3 Å². The number of sulfonamides is 1. The summed E-state index contributed by atoms with van der Waals surface area (Å²) in [5, 5.41) is 7.80. The lowest BCUT2D eigenvalue weighted by Crippen LogP contribution is -2.43. The van der Waals surface area contributed by atoms with Crippen LogP contribution in [0.4, 0.5) is 0 Å². The molecule has 0 aliphatic heterocycles. The van der Waals surface area contributed by atoms with Crippen molar-refractivity contribution in [3.8, 4) is 0 Å². The van der Waals surface area contributed by atoms with Crippen molar-refractivity contribution in [2.24, 2.45) is 5.14 Å². The maximum absolute atomic E-state index is 11.9. The first-order chi connectivity index (χ1) is 8.15. The number of primary sulfonamides is 1. The van der Waals surface area contributed by atoms with Gasteiger partial charge in [0.1, 0.15) is 5.69 Å². The number of aromatic nitrogens is 1. The second-order valence-electron chi connectivity index (χ2n) is 4.88. The highest BCUT2D eigenvalue weighted by Gasteiger charge is 2.22. The molecule has 0 unspecified atom stereocenters. The van der Waals surface area contributed by atoms with Gasteiger partial charge in [-0.1, -0.05) is 13.3 Å². The van der Waals surface area contributed by atoms with E-state index in [1.807, 2.05) is 20.8 Å². The lowest BCUT2D eigenvalue weighted by atomic mass is 9.99. The van der Waals surface area contributed by atoms with Gasteiger partial charge in [0.15, 0.2) is 0 Å². The van der Waals surface area contributed by atoms with Crippen molar-refractivity contribution >= 4 is 15.9 Å². The number of hydrogen-bond donors (Lipinski definition) is 3. The Hall–Kier alpha value is -1.34. The molecule has 0 aliphatic carbocycles. The quantitative estimate of drug-likeness (QED) is 0.744. The monoisotopic (exact) mass is 273 g/mol. The second-order valence-corrected chi connectivity index (χ2v) is 6.44. The number of carbonyl (C=O) groups excluding carboxylic acids is 1. The van der Waals surface area contributed by atoms with E-state index in [9.17, 15) is 13.2 Å². The van der Waals surface area contributed by atoms with E-state index in [1.54, 1.807) is 0 Å². The van der Waals surface area contributed by atoms with Crippen LogP contribution in [0.2, 0.25) is 0 Å². The molecule has 0 aliphatic rings. The Labute approximate surface area is 107 Å². The van der Waals surface area contributed by atoms with Crippen LogP contribution in [0, 0.1) is 0 Å². The number of nitrogens with two attached hydrogens (primary N) is 1. The van der Waals surface area contributed by atoms with Crippen molar-refractivity contribution in [1.29, 1.82) is 0 Å². The van der Waals surface area contributed by atoms with Gasteiger partial charge in [0, 0.05) is 11.7 Å². The summed E-state index contributed by atoms with van der Waals surface area (Å²) in [7, 11) is -3.78. The topological polar surface area (TPSA) is 105 Å². The van der Waals surface area contributed by atoms with Crippen LogP contribution in [-0.4, -0.2) is 24.8 Å². The van der Waals surface area contributed by atoms with E-state index in [0.717, 1.165) is 12.8 Å². The fourth-order valence-corrected chi connectivity index (χ4v) is 2.24. The highest BCUT2D eigenvalue weighted by Crippen LogP contribution is 2.13. The van der Waals surface area contributed by atoms with Crippen LogP contribution < -0.4 is 10.5 Å². The van der Waals surface area contributed by atoms with Gasteiger partial charge in [0.25, 0.3) is 5.91 Å². The molecule has 0 bridgehead atoms. The number of hydrogen-bond acceptors (Lipinski definition) is 3. The minimum absolute atomic E-state index is 0.0963. The molecular weight excluding hydrogens is 254 g/mol. The number of nitrogens with one attached hydrogen (secondary N) is 2. The van der Waals surface area contributed by atoms with Crippen molar-refractivity contribution < 1.29 is 13.2 Å². The summed E-state index contributed by atoms with van der Waals surface area (Å²) in [6.07, 6.45) is 2.99. The zero-order valence-corrected chi connectivity index (χ0v) is 11.6. The molecule has 1 rings (SSSR count). The number of aromatic amines is 1. The van der Waals surface area contributed by atoms with E-state index in [0.29, 0.717) is 0 Å². The molecule has 7 heteroatoms. The maximum Gasteiger partial charge on any atom is 0.268 e. The standard InChI is InChI=1S/C11H19N3O3S/c1-4-5-11(2,3)14-10(15)9-6-8(7-13-9)18(12,16)17/h6-7,13H,4-5H2,1-3H3,(H,14,15)(H2,12,16,17). The Morgan fingerprint density at radius 2 is 2.11 bits per heavy atom. The molecule has 1 aromatic heterocycles. The molecular formula is C11H19N3O3S. The summed E-state index contributed by atoms with van der Waals surface area (Å²) >= 11 is 0. The first kappa shape index (κ1) is 14.7. The van der Waals surface area contributed by atoms with Gasteiger partial charge in [-0.3, -0.25) is 4.79 Å². The minimum Gasteiger partial charge on any atom is -0.356 e. The Balaban J connectivity index is 2.83. The van der Waals surface area contributed by atoms with Gasteiger partial charge in [0.05, 0.1) is 4.90 Å². The van der Waals surface area contributed by atoms with Gasteiger partial charge in [-0.2, -0.15) is 0 Å². The van der Waals surface area contributed by atoms with Crippen LogP contribution in [0.25, 0.3) is 0 Å². The molecule has 0 spiro atoms. The predicted octanol–water partition coefficient (Wildman–Crippen LogP) is 0.971. The van der Waals surface area contributed by atoms with Crippen molar-refractivity contribution in [2.45, 2.75) is 44.0 Å². The minimum atomic E-state index is -3.78. The molecule has 1 heterocycles. The van der Waals surface area contributed by atoms with E-state index in [1.165, 1.54) is 12.3 Å². The van der Waals surface area contributed by atoms with Gasteiger partial charge < -0.3 is 10.3 Å². The Kier molecular flexibility index (Phi) is 4.18. The molecule has 4 N–H and O–H groups in total. The Morgan fingerprint density at radius 1 is 1.50 bits per heavy atom. The summed E-state index contributed by atoms with van der Waals surface area (Å²) in [6.45, 7) is 5.86. The average Bonchev–Trinajstić information content (AvgIpc) is 2.63. The van der Waals surface area contributed by atoms with Crippen LogP contribution >= 0.6 is 0 Å². The van der Waals surface area contributed by atoms with Crippen molar-refractivity contribution in [3.05, 3.63) is 18.0 Å². The number of H-pyrrole nitrogens is 1. The molecule has 0 aromatic carbocycles. The fraction of sp³-hybridized carbons (Fsp3) is 0.545. The molecule has 0 fully saturated rings. The molecule has 0 saturated carbocycles. The molecule has 1 amide bonds. The number of amides is 1. The molecule has 18 heavy (non-hydrogen) atoms. The van der Waals surface area contributed by atoms with Crippen LogP contribution in [0.15, 0.2) is 17.2 Å². The Bertz CT molecular complexity index is 531. The zero-order chi connectivity index (χ0) is 14.0. The van der Waals surface area contributed by atoms with Crippen LogP contribution in [-0.2, 0) is 10.0 Å². The highest BCUT2D eigenvalue weighted by molar-refractivity contribution is 7.89. The Morgan fingerprint density at radius 3 is 2.56 bits per heavy atom. The number of carbonyl (C=O) groups is 1. The first-order valence-electron chi connectivity index (χ1n) is 5.69. The van der Waals surface area contributed by atoms with Gasteiger partial charge in [-0.25, -0.2) is 13.6 Å². The number of rotatable bonds is 5. The zero-order valence-electron chi connectivity index (χ0n) is 10.8. The van der Waals surface area contributed by atoms with Gasteiger partial charge in [0.2, 0.25) is 10.0 Å². The molecule has 6 nitrogen and oxygen atoms in total. The van der Waals surface area contributed by atoms with Crippen LogP contribution in [0.3, 0.4) is 0 Å². The average molecular weight is 273 g/mol. The predicted molar refractivity (Wildman–Crippen MR) is 68.6 cm³/mol. The lowest BCUT2D eigenvalue weighted by Gasteiger charge is -2.25. The second kappa shape index (κ2) is 5.11. The summed E-state index contributed by atoms with van der Waals surface area (Å²) in [5.41, 5.74) is -0.151. The van der Waals surface area contributed by atoms with Gasteiger partial charge in [-0.15, -0.1) is 0 Å². The molecule has 102 valence electrons. The summed E-state index contributed by atoms with van der Waals surface area (Å²) < 4.78 is 22.2. The maximum atomic E-state index is 11.9. The van der Waals surface area contributed by atoms with E-state index in [4.69, 9.17) is 5.14 Å². The third-order valence-electron chi connectivity index (χ3n) is 2.56. The first-order valence-corrected chi connectivity index (χ1v) is 7.24. The lowest BCUT2D eigenvalue weighted by molar-refractivity contribution is 0.0904. The van der Waals surface area contributed by atoms with Crippen molar-refractivity contribution in [2.75, 3.05) is 0 Å². The molecule has 0 saturated heterocycles.